The molecule has 1 aliphatic rings. The van der Waals surface area contributed by atoms with Crippen LogP contribution in [0.25, 0.3) is 16.9 Å². The van der Waals surface area contributed by atoms with Crippen molar-refractivity contribution in [3.05, 3.63) is 68.8 Å². The summed E-state index contributed by atoms with van der Waals surface area (Å²) < 4.78 is 1.68. The number of nitrogens with zero attached hydrogens (tertiary/aromatic N) is 3. The summed E-state index contributed by atoms with van der Waals surface area (Å²) in [6.45, 7) is 5.00. The molecule has 2 heterocycles. The van der Waals surface area contributed by atoms with Crippen LogP contribution in [-0.4, -0.2) is 46.9 Å². The van der Waals surface area contributed by atoms with E-state index in [2.05, 4.69) is 15.8 Å². The van der Waals surface area contributed by atoms with Crippen molar-refractivity contribution in [3.63, 3.8) is 0 Å². The zero-order valence-electron chi connectivity index (χ0n) is 16.3. The first kappa shape index (κ1) is 21.2. The van der Waals surface area contributed by atoms with Gasteiger partial charge in [0.2, 0.25) is 0 Å². The van der Waals surface area contributed by atoms with Gasteiger partial charge in [-0.15, -0.1) is 0 Å². The Balaban J connectivity index is 1.80. The largest absolute Gasteiger partial charge is 0.314 e. The molecule has 156 valence electrons. The predicted octanol–water partition coefficient (Wildman–Crippen LogP) is 4.36. The molecule has 1 aliphatic heterocycles. The van der Waals surface area contributed by atoms with Crippen LogP contribution >= 0.6 is 34.8 Å². The smallest absolute Gasteiger partial charge is 0.286 e. The minimum absolute atomic E-state index is 0.256. The highest BCUT2D eigenvalue weighted by molar-refractivity contribution is 6.35. The second kappa shape index (κ2) is 8.96. The fourth-order valence-corrected chi connectivity index (χ4v) is 4.07. The Kier molecular flexibility index (Phi) is 6.32. The normalized spacial score (nSPS) is 14.7. The van der Waals surface area contributed by atoms with Gasteiger partial charge in [-0.25, -0.2) is 9.69 Å². The number of carbonyl (C=O) groups excluding carboxylic acids is 1. The molecule has 0 atom stereocenters. The molecule has 0 aliphatic carbocycles. The minimum Gasteiger partial charge on any atom is -0.314 e. The molecule has 2 N–H and O–H groups in total. The van der Waals surface area contributed by atoms with Gasteiger partial charge in [0.15, 0.2) is 5.69 Å². The van der Waals surface area contributed by atoms with Gasteiger partial charge in [-0.3, -0.25) is 10.2 Å². The van der Waals surface area contributed by atoms with Crippen LogP contribution in [0.15, 0.2) is 42.5 Å². The SMILES string of the molecule is Cc1c(C(=O)NN2CCNCC2)nn(-c2ccc(Cl)cc2Cl)c1-c1ccc(Cl)cc1. The molecule has 2 aromatic carbocycles. The fourth-order valence-electron chi connectivity index (χ4n) is 3.46. The van der Waals surface area contributed by atoms with Crippen molar-refractivity contribution in [2.24, 2.45) is 0 Å². The lowest BCUT2D eigenvalue weighted by atomic mass is 10.1. The van der Waals surface area contributed by atoms with E-state index in [9.17, 15) is 4.79 Å². The Morgan fingerprint density at radius 3 is 2.37 bits per heavy atom. The van der Waals surface area contributed by atoms with Crippen LogP contribution in [0.2, 0.25) is 15.1 Å². The van der Waals surface area contributed by atoms with Crippen molar-refractivity contribution >= 4 is 40.7 Å². The van der Waals surface area contributed by atoms with Gasteiger partial charge >= 0.3 is 0 Å². The zero-order valence-corrected chi connectivity index (χ0v) is 18.5. The number of rotatable bonds is 4. The number of piperazine rings is 1. The van der Waals surface area contributed by atoms with E-state index in [1.165, 1.54) is 0 Å². The summed E-state index contributed by atoms with van der Waals surface area (Å²) in [5, 5.41) is 11.4. The van der Waals surface area contributed by atoms with E-state index in [0.717, 1.165) is 43.0 Å². The first-order valence-corrected chi connectivity index (χ1v) is 10.6. The predicted molar refractivity (Wildman–Crippen MR) is 121 cm³/mol. The summed E-state index contributed by atoms with van der Waals surface area (Å²) in [7, 11) is 0. The Hall–Kier alpha value is -2.09. The van der Waals surface area contributed by atoms with Crippen molar-refractivity contribution in [2.75, 3.05) is 26.2 Å². The quantitative estimate of drug-likeness (QED) is 0.602. The van der Waals surface area contributed by atoms with Gasteiger partial charge in [0.1, 0.15) is 0 Å². The third-order valence-electron chi connectivity index (χ3n) is 4.97. The minimum atomic E-state index is -0.256. The molecule has 1 fully saturated rings. The number of nitrogens with one attached hydrogen (secondary N) is 2. The highest BCUT2D eigenvalue weighted by Gasteiger charge is 2.24. The molecule has 3 aromatic rings. The summed E-state index contributed by atoms with van der Waals surface area (Å²) in [5.74, 6) is -0.256. The Labute approximate surface area is 189 Å². The lowest BCUT2D eigenvalue weighted by Crippen LogP contribution is -2.52. The van der Waals surface area contributed by atoms with E-state index in [1.54, 1.807) is 35.0 Å². The standard InChI is InChI=1S/C21H20Cl3N5O/c1-13-19(21(30)27-28-10-8-25-9-11-28)26-29(18-7-6-16(23)12-17(18)24)20(13)14-2-4-15(22)5-3-14/h2-7,12,25H,8-11H2,1H3,(H,27,30). The molecule has 0 radical (unpaired) electrons. The van der Waals surface area contributed by atoms with Crippen LogP contribution in [0.4, 0.5) is 0 Å². The van der Waals surface area contributed by atoms with Crippen molar-refractivity contribution in [2.45, 2.75) is 6.92 Å². The highest BCUT2D eigenvalue weighted by Crippen LogP contribution is 2.33. The average Bonchev–Trinajstić information content (AvgIpc) is 3.06. The van der Waals surface area contributed by atoms with E-state index in [1.807, 2.05) is 24.1 Å². The van der Waals surface area contributed by atoms with Gasteiger partial charge in [-0.2, -0.15) is 5.10 Å². The van der Waals surface area contributed by atoms with Crippen molar-refractivity contribution in [1.82, 2.24) is 25.5 Å². The van der Waals surface area contributed by atoms with Crippen molar-refractivity contribution < 1.29 is 4.79 Å². The van der Waals surface area contributed by atoms with Gasteiger partial charge < -0.3 is 5.32 Å². The molecule has 6 nitrogen and oxygen atoms in total. The summed E-state index contributed by atoms with van der Waals surface area (Å²) in [6, 6.07) is 12.6. The van der Waals surface area contributed by atoms with Crippen LogP contribution in [0.3, 0.4) is 0 Å². The maximum Gasteiger partial charge on any atom is 0.286 e. The number of aromatic nitrogens is 2. The molecular formula is C21H20Cl3N5O. The van der Waals surface area contributed by atoms with E-state index < -0.39 is 0 Å². The molecular weight excluding hydrogens is 445 g/mol. The van der Waals surface area contributed by atoms with Gasteiger partial charge in [0.25, 0.3) is 5.91 Å². The lowest BCUT2D eigenvalue weighted by Gasteiger charge is -2.27. The van der Waals surface area contributed by atoms with Crippen LogP contribution in [0, 0.1) is 6.92 Å². The molecule has 9 heteroatoms. The number of halogens is 3. The number of carbonyl (C=O) groups is 1. The van der Waals surface area contributed by atoms with Crippen LogP contribution in [0.1, 0.15) is 16.1 Å². The summed E-state index contributed by atoms with van der Waals surface area (Å²) in [5.41, 5.74) is 6.31. The van der Waals surface area contributed by atoms with E-state index in [-0.39, 0.29) is 5.91 Å². The molecule has 0 unspecified atom stereocenters. The first-order chi connectivity index (χ1) is 14.4. The van der Waals surface area contributed by atoms with Crippen LogP contribution < -0.4 is 10.7 Å². The lowest BCUT2D eigenvalue weighted by molar-refractivity contribution is 0.0758. The zero-order chi connectivity index (χ0) is 21.3. The third-order valence-corrected chi connectivity index (χ3v) is 5.76. The summed E-state index contributed by atoms with van der Waals surface area (Å²) >= 11 is 18.6. The topological polar surface area (TPSA) is 62.2 Å². The number of benzene rings is 2. The molecule has 1 amide bonds. The third kappa shape index (κ3) is 4.33. The Morgan fingerprint density at radius 2 is 1.70 bits per heavy atom. The van der Waals surface area contributed by atoms with E-state index in [0.29, 0.717) is 26.4 Å². The Morgan fingerprint density at radius 1 is 1.03 bits per heavy atom. The van der Waals surface area contributed by atoms with Gasteiger partial charge in [-0.05, 0) is 37.3 Å². The molecule has 1 aromatic heterocycles. The maximum atomic E-state index is 13.0. The molecule has 0 saturated carbocycles. The van der Waals surface area contributed by atoms with E-state index in [4.69, 9.17) is 34.8 Å². The number of hydrogen-bond donors (Lipinski definition) is 2. The summed E-state index contributed by atoms with van der Waals surface area (Å²) in [4.78, 5) is 13.0. The second-order valence-electron chi connectivity index (χ2n) is 7.01. The van der Waals surface area contributed by atoms with E-state index >= 15 is 0 Å². The first-order valence-electron chi connectivity index (χ1n) is 9.51. The van der Waals surface area contributed by atoms with Crippen LogP contribution in [-0.2, 0) is 0 Å². The maximum absolute atomic E-state index is 13.0. The van der Waals surface area contributed by atoms with Crippen LogP contribution in [0.5, 0.6) is 0 Å². The number of hydrogen-bond acceptors (Lipinski definition) is 4. The van der Waals surface area contributed by atoms with Crippen molar-refractivity contribution in [3.8, 4) is 16.9 Å². The molecule has 0 spiro atoms. The second-order valence-corrected chi connectivity index (χ2v) is 8.29. The molecule has 30 heavy (non-hydrogen) atoms. The molecule has 1 saturated heterocycles. The monoisotopic (exact) mass is 463 g/mol. The van der Waals surface area contributed by atoms with Gasteiger partial charge in [-0.1, -0.05) is 46.9 Å². The average molecular weight is 465 g/mol. The van der Waals surface area contributed by atoms with Gasteiger partial charge in [0, 0.05) is 47.4 Å². The highest BCUT2D eigenvalue weighted by atomic mass is 35.5. The number of amides is 1. The molecule has 0 bridgehead atoms. The summed E-state index contributed by atoms with van der Waals surface area (Å²) in [6.07, 6.45) is 0. The van der Waals surface area contributed by atoms with Crippen molar-refractivity contribution in [1.29, 1.82) is 0 Å². The fraction of sp³-hybridized carbons (Fsp3) is 0.238. The molecule has 4 rings (SSSR count). The Bertz CT molecular complexity index is 1070. The van der Waals surface area contributed by atoms with Gasteiger partial charge in [0.05, 0.1) is 16.4 Å². The number of hydrazine groups is 1.